The van der Waals surface area contributed by atoms with E-state index in [0.717, 1.165) is 41.8 Å². The number of nitrogens with zero attached hydrogens (tertiary/aromatic N) is 4. The van der Waals surface area contributed by atoms with Crippen LogP contribution in [0.25, 0.3) is 10.4 Å². The Bertz CT molecular complexity index is 1100. The number of hydrogen-bond donors (Lipinski definition) is 1. The Labute approximate surface area is 185 Å². The van der Waals surface area contributed by atoms with Crippen LogP contribution in [0.15, 0.2) is 48.0 Å². The molecule has 0 saturated heterocycles. The van der Waals surface area contributed by atoms with Gasteiger partial charge in [-0.3, -0.25) is 4.79 Å². The monoisotopic (exact) mass is 431 g/mol. The minimum atomic E-state index is -0.537. The smallest absolute Gasteiger partial charge is 0.252 e. The minimum absolute atomic E-state index is 0.0787. The summed E-state index contributed by atoms with van der Waals surface area (Å²) in [6, 6.07) is 14.2. The second-order valence-corrected chi connectivity index (χ2v) is 9.56. The third-order valence-electron chi connectivity index (χ3n) is 6.53. The van der Waals surface area contributed by atoms with Crippen molar-refractivity contribution in [2.75, 3.05) is 0 Å². The van der Waals surface area contributed by atoms with Gasteiger partial charge >= 0.3 is 0 Å². The highest BCUT2D eigenvalue weighted by atomic mass is 32.1. The molecule has 2 aliphatic rings. The third kappa shape index (κ3) is 4.00. The van der Waals surface area contributed by atoms with Crippen LogP contribution in [0.5, 0.6) is 0 Å². The minimum Gasteiger partial charge on any atom is -0.343 e. The molecule has 2 saturated carbocycles. The summed E-state index contributed by atoms with van der Waals surface area (Å²) in [5.74, 6) is 0.261. The first-order chi connectivity index (χ1) is 15.2. The summed E-state index contributed by atoms with van der Waals surface area (Å²) in [5.41, 5.74) is 2.02. The maximum atomic E-state index is 13.2. The lowest BCUT2D eigenvalue weighted by atomic mass is 9.82. The Kier molecular flexibility index (Phi) is 5.33. The van der Waals surface area contributed by atoms with Crippen LogP contribution in [0.4, 0.5) is 0 Å². The molecule has 7 heteroatoms. The summed E-state index contributed by atoms with van der Waals surface area (Å²) in [7, 11) is 0. The van der Waals surface area contributed by atoms with Crippen molar-refractivity contribution < 1.29 is 4.79 Å². The molecule has 2 aromatic heterocycles. The van der Waals surface area contributed by atoms with Crippen LogP contribution < -0.4 is 5.32 Å². The van der Waals surface area contributed by atoms with E-state index in [1.165, 1.54) is 19.3 Å². The van der Waals surface area contributed by atoms with Gasteiger partial charge in [0.25, 0.3) is 5.91 Å². The van der Waals surface area contributed by atoms with Gasteiger partial charge in [0.15, 0.2) is 5.54 Å². The van der Waals surface area contributed by atoms with Crippen molar-refractivity contribution >= 4 is 17.2 Å². The van der Waals surface area contributed by atoms with Gasteiger partial charge in [0.1, 0.15) is 5.69 Å². The van der Waals surface area contributed by atoms with Gasteiger partial charge in [-0.1, -0.05) is 54.8 Å². The molecule has 2 heterocycles. The van der Waals surface area contributed by atoms with E-state index < -0.39 is 5.54 Å². The molecule has 31 heavy (non-hydrogen) atoms. The van der Waals surface area contributed by atoms with Crippen molar-refractivity contribution in [1.82, 2.24) is 20.3 Å². The number of aromatic nitrogens is 3. The summed E-state index contributed by atoms with van der Waals surface area (Å²) in [5, 5.41) is 23.3. The Morgan fingerprint density at radius 2 is 2.00 bits per heavy atom. The van der Waals surface area contributed by atoms with E-state index >= 15 is 0 Å². The molecule has 1 aromatic carbocycles. The number of hydrogen-bond acceptors (Lipinski definition) is 5. The van der Waals surface area contributed by atoms with Gasteiger partial charge in [-0.05, 0) is 43.2 Å². The Balaban J connectivity index is 1.38. The van der Waals surface area contributed by atoms with Crippen LogP contribution in [0.3, 0.4) is 0 Å². The van der Waals surface area contributed by atoms with E-state index in [1.54, 1.807) is 16.0 Å². The number of nitrogens with one attached hydrogen (secondary N) is 1. The third-order valence-corrected chi connectivity index (χ3v) is 7.51. The first kappa shape index (κ1) is 20.0. The molecule has 0 radical (unpaired) electrons. The van der Waals surface area contributed by atoms with Gasteiger partial charge in [0.05, 0.1) is 23.9 Å². The summed E-state index contributed by atoms with van der Waals surface area (Å²) in [4.78, 5) is 14.3. The maximum absolute atomic E-state index is 13.2. The second-order valence-electron chi connectivity index (χ2n) is 8.65. The van der Waals surface area contributed by atoms with E-state index in [4.69, 9.17) is 0 Å². The normalized spacial score (nSPS) is 18.8. The topological polar surface area (TPSA) is 83.6 Å². The maximum Gasteiger partial charge on any atom is 0.252 e. The van der Waals surface area contributed by atoms with Crippen LogP contribution in [0.2, 0.25) is 0 Å². The summed E-state index contributed by atoms with van der Waals surface area (Å²) >= 11 is 1.58. The molecule has 0 aliphatic heterocycles. The lowest BCUT2D eigenvalue weighted by Crippen LogP contribution is -2.34. The molecule has 0 unspecified atom stereocenters. The lowest BCUT2D eigenvalue weighted by molar-refractivity contribution is 0.0911. The molecule has 2 fully saturated rings. The zero-order valence-electron chi connectivity index (χ0n) is 17.3. The molecule has 6 nitrogen and oxygen atoms in total. The SMILES string of the molecule is N#CC1(n2cc([C@@H](NC(=O)c3csc(-c4ccccc4)c3)C3CCCCC3)nn2)CC1. The lowest BCUT2D eigenvalue weighted by Gasteiger charge is -2.29. The fourth-order valence-electron chi connectivity index (χ4n) is 4.47. The molecule has 1 amide bonds. The number of thiophene rings is 1. The number of benzene rings is 1. The predicted octanol–water partition coefficient (Wildman–Crippen LogP) is 5.07. The van der Waals surface area contributed by atoms with Crippen LogP contribution >= 0.6 is 11.3 Å². The van der Waals surface area contributed by atoms with Crippen LogP contribution in [0, 0.1) is 17.2 Å². The first-order valence-electron chi connectivity index (χ1n) is 11.0. The van der Waals surface area contributed by atoms with Crippen molar-refractivity contribution in [2.45, 2.75) is 56.5 Å². The fourth-order valence-corrected chi connectivity index (χ4v) is 5.37. The molecule has 1 N–H and O–H groups in total. The highest BCUT2D eigenvalue weighted by Gasteiger charge is 2.47. The molecule has 3 aromatic rings. The van der Waals surface area contributed by atoms with E-state index in [0.29, 0.717) is 11.5 Å². The van der Waals surface area contributed by atoms with Gasteiger partial charge in [0, 0.05) is 10.3 Å². The van der Waals surface area contributed by atoms with Gasteiger partial charge in [-0.15, -0.1) is 16.4 Å². The standard InChI is InChI=1S/C24H25N5OS/c25-16-24(11-12-24)29-14-20(27-28-29)22(18-9-5-2-6-10-18)26-23(30)19-13-21(31-15-19)17-7-3-1-4-8-17/h1,3-4,7-8,13-15,18,22H,2,5-6,9-12H2,(H,26,30)/t22-/m0/s1. The molecule has 0 bridgehead atoms. The Hall–Kier alpha value is -2.98. The van der Waals surface area contributed by atoms with Crippen molar-refractivity contribution in [3.05, 3.63) is 59.2 Å². The van der Waals surface area contributed by atoms with Gasteiger partial charge < -0.3 is 5.32 Å². The van der Waals surface area contributed by atoms with Crippen molar-refractivity contribution in [1.29, 1.82) is 5.26 Å². The van der Waals surface area contributed by atoms with Crippen LogP contribution in [-0.4, -0.2) is 20.9 Å². The van der Waals surface area contributed by atoms with Gasteiger partial charge in [-0.2, -0.15) is 5.26 Å². The number of carbonyl (C=O) groups excluding carboxylic acids is 1. The van der Waals surface area contributed by atoms with Crippen molar-refractivity contribution in [2.24, 2.45) is 5.92 Å². The zero-order valence-corrected chi connectivity index (χ0v) is 18.1. The number of nitriles is 1. The molecular formula is C24H25N5OS. The molecule has 1 atom stereocenters. The average Bonchev–Trinajstić information content (AvgIpc) is 3.23. The highest BCUT2D eigenvalue weighted by Crippen LogP contribution is 2.43. The highest BCUT2D eigenvalue weighted by molar-refractivity contribution is 7.13. The average molecular weight is 432 g/mol. The van der Waals surface area contributed by atoms with Crippen molar-refractivity contribution in [3.8, 4) is 16.5 Å². The summed E-state index contributed by atoms with van der Waals surface area (Å²) in [6.07, 6.45) is 9.22. The fraction of sp³-hybridized carbons (Fsp3) is 0.417. The molecule has 158 valence electrons. The molecule has 5 rings (SSSR count). The van der Waals surface area contributed by atoms with E-state index in [1.807, 2.05) is 35.8 Å². The Morgan fingerprint density at radius 3 is 2.71 bits per heavy atom. The Morgan fingerprint density at radius 1 is 1.23 bits per heavy atom. The quantitative estimate of drug-likeness (QED) is 0.590. The van der Waals surface area contributed by atoms with E-state index in [2.05, 4.69) is 33.8 Å². The number of rotatable bonds is 6. The van der Waals surface area contributed by atoms with Crippen LogP contribution in [0.1, 0.15) is 67.0 Å². The second kappa shape index (κ2) is 8.27. The van der Waals surface area contributed by atoms with E-state index in [-0.39, 0.29) is 11.9 Å². The summed E-state index contributed by atoms with van der Waals surface area (Å²) < 4.78 is 1.70. The molecule has 0 spiro atoms. The number of carbonyl (C=O) groups is 1. The van der Waals surface area contributed by atoms with Crippen LogP contribution in [-0.2, 0) is 5.54 Å². The molecular weight excluding hydrogens is 406 g/mol. The van der Waals surface area contributed by atoms with Crippen molar-refractivity contribution in [3.63, 3.8) is 0 Å². The van der Waals surface area contributed by atoms with E-state index in [9.17, 15) is 10.1 Å². The van der Waals surface area contributed by atoms with Gasteiger partial charge in [0.2, 0.25) is 0 Å². The first-order valence-corrected chi connectivity index (χ1v) is 11.9. The number of amides is 1. The largest absolute Gasteiger partial charge is 0.343 e. The zero-order chi connectivity index (χ0) is 21.3. The predicted molar refractivity (Wildman–Crippen MR) is 119 cm³/mol. The summed E-state index contributed by atoms with van der Waals surface area (Å²) in [6.45, 7) is 0. The van der Waals surface area contributed by atoms with Gasteiger partial charge in [-0.25, -0.2) is 4.68 Å². The molecule has 2 aliphatic carbocycles.